The molecule has 2 heteroatoms. The lowest BCUT2D eigenvalue weighted by atomic mass is 9.70. The number of rotatable bonds is 2. The van der Waals surface area contributed by atoms with E-state index >= 15 is 0 Å². The lowest BCUT2D eigenvalue weighted by Crippen LogP contribution is -2.31. The van der Waals surface area contributed by atoms with Crippen LogP contribution in [0.1, 0.15) is 133 Å². The van der Waals surface area contributed by atoms with Crippen LogP contribution in [-0.4, -0.2) is 4.57 Å². The molecule has 2 aliphatic rings. The van der Waals surface area contributed by atoms with E-state index in [1.807, 2.05) is 0 Å². The Morgan fingerprint density at radius 3 is 2.17 bits per heavy atom. The Balaban J connectivity index is 1.97. The zero-order valence-corrected chi connectivity index (χ0v) is 19.7. The van der Waals surface area contributed by atoms with Gasteiger partial charge in [-0.05, 0) is 69.3 Å². The quantitative estimate of drug-likeness (QED) is 0.498. The summed E-state index contributed by atoms with van der Waals surface area (Å²) >= 11 is 0. The van der Waals surface area contributed by atoms with Crippen molar-refractivity contribution in [3.63, 3.8) is 0 Å². The molecule has 2 nitrogen and oxygen atoms in total. The van der Waals surface area contributed by atoms with Crippen LogP contribution in [0.4, 0.5) is 0 Å². The third kappa shape index (κ3) is 4.92. The molecule has 29 heavy (non-hydrogen) atoms. The number of aromatic nitrogens is 1. The summed E-state index contributed by atoms with van der Waals surface area (Å²) in [6.45, 7) is 10.8. The van der Waals surface area contributed by atoms with Crippen LogP contribution in [0, 0.1) is 23.7 Å². The first-order valence-corrected chi connectivity index (χ1v) is 12.6. The lowest BCUT2D eigenvalue weighted by molar-refractivity contribution is 0.249. The van der Waals surface area contributed by atoms with Crippen LogP contribution in [0.15, 0.2) is 0 Å². The minimum atomic E-state index is 0.259. The molecule has 0 amide bonds. The minimum absolute atomic E-state index is 0.259. The van der Waals surface area contributed by atoms with E-state index in [0.29, 0.717) is 5.41 Å². The molecule has 0 N–H and O–H groups in total. The van der Waals surface area contributed by atoms with E-state index in [0.717, 1.165) is 18.5 Å². The molecule has 1 fully saturated rings. The van der Waals surface area contributed by atoms with Gasteiger partial charge < -0.3 is 4.57 Å². The summed E-state index contributed by atoms with van der Waals surface area (Å²) in [5, 5.41) is 9.93. The molecule has 1 aliphatic heterocycles. The van der Waals surface area contributed by atoms with E-state index < -0.39 is 0 Å². The normalized spacial score (nSPS) is 26.4. The van der Waals surface area contributed by atoms with Crippen LogP contribution in [0.3, 0.4) is 0 Å². The van der Waals surface area contributed by atoms with Gasteiger partial charge in [0, 0.05) is 23.3 Å². The second kappa shape index (κ2) is 9.72. The molecule has 0 spiro atoms. The molecule has 2 heterocycles. The first-order valence-electron chi connectivity index (χ1n) is 12.6. The van der Waals surface area contributed by atoms with E-state index in [2.05, 4.69) is 38.3 Å². The molecule has 0 aromatic carbocycles. The minimum Gasteiger partial charge on any atom is -0.346 e. The Labute approximate surface area is 180 Å². The average Bonchev–Trinajstić information content (AvgIpc) is 3.00. The highest BCUT2D eigenvalue weighted by atomic mass is 15.0. The molecular weight excluding hydrogens is 352 g/mol. The first kappa shape index (κ1) is 22.5. The van der Waals surface area contributed by atoms with E-state index in [4.69, 9.17) is 0 Å². The van der Waals surface area contributed by atoms with E-state index in [1.165, 1.54) is 101 Å². The number of hydrogen-bond donors (Lipinski definition) is 0. The lowest BCUT2D eigenvalue weighted by Gasteiger charge is -2.37. The molecule has 0 saturated heterocycles. The highest BCUT2D eigenvalue weighted by molar-refractivity contribution is 5.49. The fraction of sp³-hybridized carbons (Fsp3) is 0.815. The van der Waals surface area contributed by atoms with Crippen molar-refractivity contribution in [1.29, 1.82) is 5.26 Å². The topological polar surface area (TPSA) is 28.7 Å². The van der Waals surface area contributed by atoms with Gasteiger partial charge in [0.2, 0.25) is 0 Å². The maximum atomic E-state index is 9.93. The number of fused-ring (bicyclic) bond motifs is 1. The van der Waals surface area contributed by atoms with E-state index in [9.17, 15) is 5.26 Å². The fourth-order valence-corrected chi connectivity index (χ4v) is 6.40. The number of nitriles is 1. The summed E-state index contributed by atoms with van der Waals surface area (Å²) in [6, 6.07) is 2.59. The monoisotopic (exact) mass is 396 g/mol. The smallest absolute Gasteiger partial charge is 0.101 e. The van der Waals surface area contributed by atoms with Crippen LogP contribution in [0.5, 0.6) is 0 Å². The van der Waals surface area contributed by atoms with Gasteiger partial charge in [0.25, 0.3) is 0 Å². The second-order valence-electron chi connectivity index (χ2n) is 10.8. The molecule has 162 valence electrons. The fourth-order valence-electron chi connectivity index (χ4n) is 6.40. The van der Waals surface area contributed by atoms with Gasteiger partial charge in [0.1, 0.15) is 6.07 Å². The van der Waals surface area contributed by atoms with Crippen molar-refractivity contribution in [2.24, 2.45) is 5.41 Å². The summed E-state index contributed by atoms with van der Waals surface area (Å²) in [5.41, 5.74) is 5.96. The molecule has 0 radical (unpaired) electrons. The predicted molar refractivity (Wildman–Crippen MR) is 123 cm³/mol. The van der Waals surface area contributed by atoms with Crippen molar-refractivity contribution >= 4 is 0 Å². The van der Waals surface area contributed by atoms with Gasteiger partial charge >= 0.3 is 0 Å². The van der Waals surface area contributed by atoms with Crippen LogP contribution in [-0.2, 0) is 18.4 Å². The van der Waals surface area contributed by atoms with E-state index in [1.54, 1.807) is 5.69 Å². The van der Waals surface area contributed by atoms with Gasteiger partial charge in [0.05, 0.1) is 5.56 Å². The first-order chi connectivity index (χ1) is 13.9. The summed E-state index contributed by atoms with van der Waals surface area (Å²) in [6.07, 6.45) is 19.8. The maximum absolute atomic E-state index is 9.93. The van der Waals surface area contributed by atoms with Crippen molar-refractivity contribution in [2.45, 2.75) is 136 Å². The summed E-state index contributed by atoms with van der Waals surface area (Å²) < 4.78 is 2.62. The summed E-state index contributed by atoms with van der Waals surface area (Å²) in [4.78, 5) is 0. The van der Waals surface area contributed by atoms with Gasteiger partial charge in [-0.3, -0.25) is 0 Å². The van der Waals surface area contributed by atoms with Gasteiger partial charge in [-0.2, -0.15) is 5.26 Å². The Morgan fingerprint density at radius 1 is 0.862 bits per heavy atom. The van der Waals surface area contributed by atoms with Crippen molar-refractivity contribution in [2.75, 3.05) is 0 Å². The third-order valence-corrected chi connectivity index (χ3v) is 8.22. The van der Waals surface area contributed by atoms with Gasteiger partial charge in [-0.1, -0.05) is 65.7 Å². The molecule has 1 saturated carbocycles. The van der Waals surface area contributed by atoms with Crippen molar-refractivity contribution in [3.05, 3.63) is 22.5 Å². The second-order valence-corrected chi connectivity index (χ2v) is 10.8. The SMILES string of the molecule is CCC1(c2c(C)c(C#N)c3n2CCCC3)CCCCCCCCC(C)(C)CCC1. The van der Waals surface area contributed by atoms with Gasteiger partial charge in [-0.25, -0.2) is 0 Å². The summed E-state index contributed by atoms with van der Waals surface area (Å²) in [5.74, 6) is 0. The van der Waals surface area contributed by atoms with Gasteiger partial charge in [-0.15, -0.1) is 0 Å². The van der Waals surface area contributed by atoms with Crippen LogP contribution >= 0.6 is 0 Å². The van der Waals surface area contributed by atoms with Crippen LogP contribution in [0.2, 0.25) is 0 Å². The molecule has 1 unspecified atom stereocenters. The highest BCUT2D eigenvalue weighted by Gasteiger charge is 2.37. The molecule has 1 aromatic heterocycles. The van der Waals surface area contributed by atoms with Crippen LogP contribution in [0.25, 0.3) is 0 Å². The van der Waals surface area contributed by atoms with E-state index in [-0.39, 0.29) is 5.41 Å². The third-order valence-electron chi connectivity index (χ3n) is 8.22. The molecule has 3 rings (SSSR count). The standard InChI is InChI=1S/C27H44N2/c1-5-27(25-22(2)23(21-28)24-15-10-13-20-29(24)25)18-12-9-7-6-8-11-16-26(3,4)17-14-19-27/h5-20H2,1-4H3. The van der Waals surface area contributed by atoms with Crippen molar-refractivity contribution < 1.29 is 0 Å². The highest BCUT2D eigenvalue weighted by Crippen LogP contribution is 2.45. The molecule has 1 atom stereocenters. The Kier molecular flexibility index (Phi) is 7.53. The number of nitrogens with zero attached hydrogens (tertiary/aromatic N) is 2. The molecular formula is C27H44N2. The zero-order valence-electron chi connectivity index (χ0n) is 19.7. The predicted octanol–water partition coefficient (Wildman–Crippen LogP) is 7.98. The molecule has 0 bridgehead atoms. The largest absolute Gasteiger partial charge is 0.346 e. The van der Waals surface area contributed by atoms with Crippen LogP contribution < -0.4 is 0 Å². The number of hydrogen-bond acceptors (Lipinski definition) is 1. The van der Waals surface area contributed by atoms with Gasteiger partial charge in [0.15, 0.2) is 0 Å². The maximum Gasteiger partial charge on any atom is 0.101 e. The molecule has 1 aliphatic carbocycles. The zero-order chi connectivity index (χ0) is 20.9. The summed E-state index contributed by atoms with van der Waals surface area (Å²) in [7, 11) is 0. The average molecular weight is 397 g/mol. The Hall–Kier alpha value is -1.23. The Morgan fingerprint density at radius 2 is 1.48 bits per heavy atom. The molecule has 1 aromatic rings. The Bertz CT molecular complexity index is 718. The van der Waals surface area contributed by atoms with Crippen molar-refractivity contribution in [1.82, 2.24) is 4.57 Å². The van der Waals surface area contributed by atoms with Crippen molar-refractivity contribution in [3.8, 4) is 6.07 Å².